The van der Waals surface area contributed by atoms with Crippen LogP contribution >= 0.6 is 0 Å². The Morgan fingerprint density at radius 3 is 2.40 bits per heavy atom. The second-order valence-corrected chi connectivity index (χ2v) is 3.46. The van der Waals surface area contributed by atoms with Gasteiger partial charge in [-0.2, -0.15) is 0 Å². The average molecular weight is 218 g/mol. The number of nitrogens with two attached hydrogens (primary N) is 1. The van der Waals surface area contributed by atoms with Crippen LogP contribution in [0.5, 0.6) is 0 Å². The normalized spacial score (nSPS) is 11.3. The smallest absolute Gasteiger partial charge is 0.231 e. The molecule has 0 atom stereocenters. The molecule has 0 aromatic rings. The molecule has 0 aromatic carbocycles. The van der Waals surface area contributed by atoms with E-state index in [-0.39, 0.29) is 18.7 Å². The van der Waals surface area contributed by atoms with Crippen molar-refractivity contribution in [3.63, 3.8) is 0 Å². The molecule has 0 saturated heterocycles. The van der Waals surface area contributed by atoms with E-state index in [1.807, 2.05) is 4.90 Å². The Morgan fingerprint density at radius 2 is 2.00 bits per heavy atom. The molecular weight excluding hydrogens is 196 g/mol. The third-order valence-corrected chi connectivity index (χ3v) is 2.14. The fourth-order valence-corrected chi connectivity index (χ4v) is 1.29. The van der Waals surface area contributed by atoms with E-state index in [9.17, 15) is 4.79 Å². The summed E-state index contributed by atoms with van der Waals surface area (Å²) in [7, 11) is 3.16. The van der Waals surface area contributed by atoms with Crippen LogP contribution in [0.1, 0.15) is 19.8 Å². The minimum Gasteiger partial charge on any atom is -0.369 e. The van der Waals surface area contributed by atoms with Crippen molar-refractivity contribution in [2.24, 2.45) is 5.73 Å². The number of carbonyl (C=O) groups excluding carboxylic acids is 1. The van der Waals surface area contributed by atoms with Crippen molar-refractivity contribution >= 4 is 5.91 Å². The van der Waals surface area contributed by atoms with Crippen LogP contribution in [0.4, 0.5) is 0 Å². The molecule has 0 aliphatic rings. The predicted octanol–water partition coefficient (Wildman–Crippen LogP) is 0.193. The van der Waals surface area contributed by atoms with Gasteiger partial charge in [-0.25, -0.2) is 0 Å². The molecule has 0 fully saturated rings. The van der Waals surface area contributed by atoms with Crippen LogP contribution in [-0.2, 0) is 14.3 Å². The first-order valence-electron chi connectivity index (χ1n) is 5.20. The van der Waals surface area contributed by atoms with E-state index in [2.05, 4.69) is 6.92 Å². The zero-order valence-electron chi connectivity index (χ0n) is 9.86. The fourth-order valence-electron chi connectivity index (χ4n) is 1.29. The quantitative estimate of drug-likeness (QED) is 0.561. The molecular formula is C10H22N2O3. The van der Waals surface area contributed by atoms with Crippen molar-refractivity contribution in [2.45, 2.75) is 26.1 Å². The van der Waals surface area contributed by atoms with Gasteiger partial charge in [0, 0.05) is 20.8 Å². The number of methoxy groups -OCH3 is 2. The number of amides is 1. The van der Waals surface area contributed by atoms with E-state index in [1.165, 1.54) is 0 Å². The van der Waals surface area contributed by atoms with Crippen molar-refractivity contribution in [3.8, 4) is 0 Å². The first-order chi connectivity index (χ1) is 7.13. The van der Waals surface area contributed by atoms with Crippen molar-refractivity contribution in [1.82, 2.24) is 4.90 Å². The molecule has 0 spiro atoms. The van der Waals surface area contributed by atoms with Gasteiger partial charge in [0.15, 0.2) is 6.29 Å². The Balaban J connectivity index is 4.03. The summed E-state index contributed by atoms with van der Waals surface area (Å²) in [6.45, 7) is 3.76. The van der Waals surface area contributed by atoms with Gasteiger partial charge >= 0.3 is 0 Å². The Kier molecular flexibility index (Phi) is 8.27. The number of ether oxygens (including phenoxy) is 2. The number of rotatable bonds is 9. The standard InChI is InChI=1S/C10H22N2O3/c1-4-5-6-12(7-9(11)13)8-10(14-2)15-3/h10H,4-8H2,1-3H3,(H2,11,13). The largest absolute Gasteiger partial charge is 0.369 e. The van der Waals surface area contributed by atoms with Gasteiger partial charge < -0.3 is 15.2 Å². The molecule has 0 aromatic heterocycles. The summed E-state index contributed by atoms with van der Waals surface area (Å²) >= 11 is 0. The molecule has 5 heteroatoms. The van der Waals surface area contributed by atoms with Gasteiger partial charge in [0.25, 0.3) is 0 Å². The lowest BCUT2D eigenvalue weighted by Crippen LogP contribution is -2.40. The molecule has 0 bridgehead atoms. The topological polar surface area (TPSA) is 64.8 Å². The Hall–Kier alpha value is -0.650. The number of carbonyl (C=O) groups is 1. The Labute approximate surface area is 91.5 Å². The van der Waals surface area contributed by atoms with Gasteiger partial charge in [-0.15, -0.1) is 0 Å². The van der Waals surface area contributed by atoms with Crippen LogP contribution < -0.4 is 5.73 Å². The maximum absolute atomic E-state index is 10.8. The molecule has 0 heterocycles. The first-order valence-corrected chi connectivity index (χ1v) is 5.20. The monoisotopic (exact) mass is 218 g/mol. The fraction of sp³-hybridized carbons (Fsp3) is 0.900. The second kappa shape index (κ2) is 8.64. The molecule has 0 aliphatic heterocycles. The van der Waals surface area contributed by atoms with E-state index >= 15 is 0 Å². The maximum Gasteiger partial charge on any atom is 0.231 e. The lowest BCUT2D eigenvalue weighted by molar-refractivity contribution is -0.127. The molecule has 0 rings (SSSR count). The van der Waals surface area contributed by atoms with Gasteiger partial charge in [-0.05, 0) is 13.0 Å². The van der Waals surface area contributed by atoms with Crippen molar-refractivity contribution in [1.29, 1.82) is 0 Å². The second-order valence-electron chi connectivity index (χ2n) is 3.46. The minimum atomic E-state index is -0.322. The van der Waals surface area contributed by atoms with E-state index < -0.39 is 0 Å². The average Bonchev–Trinajstić information content (AvgIpc) is 2.21. The van der Waals surface area contributed by atoms with E-state index in [1.54, 1.807) is 14.2 Å². The number of primary amides is 1. The summed E-state index contributed by atoms with van der Waals surface area (Å²) in [5, 5.41) is 0. The van der Waals surface area contributed by atoms with Gasteiger partial charge in [-0.3, -0.25) is 9.69 Å². The lowest BCUT2D eigenvalue weighted by atomic mass is 10.3. The highest BCUT2D eigenvalue weighted by molar-refractivity contribution is 5.75. The predicted molar refractivity (Wildman–Crippen MR) is 58.3 cm³/mol. The van der Waals surface area contributed by atoms with Gasteiger partial charge in [-0.1, -0.05) is 13.3 Å². The van der Waals surface area contributed by atoms with Crippen LogP contribution in [0, 0.1) is 0 Å². The molecule has 0 radical (unpaired) electrons. The van der Waals surface area contributed by atoms with Crippen LogP contribution in [0.25, 0.3) is 0 Å². The van der Waals surface area contributed by atoms with E-state index in [4.69, 9.17) is 15.2 Å². The third-order valence-electron chi connectivity index (χ3n) is 2.14. The van der Waals surface area contributed by atoms with Gasteiger partial charge in [0.1, 0.15) is 0 Å². The first kappa shape index (κ1) is 14.3. The molecule has 15 heavy (non-hydrogen) atoms. The van der Waals surface area contributed by atoms with Crippen molar-refractivity contribution in [3.05, 3.63) is 0 Å². The van der Waals surface area contributed by atoms with Crippen LogP contribution in [0.2, 0.25) is 0 Å². The number of nitrogens with zero attached hydrogens (tertiary/aromatic N) is 1. The summed E-state index contributed by atoms with van der Waals surface area (Å²) in [6, 6.07) is 0. The summed E-state index contributed by atoms with van der Waals surface area (Å²) in [5.41, 5.74) is 5.16. The highest BCUT2D eigenvalue weighted by Gasteiger charge is 2.14. The summed E-state index contributed by atoms with van der Waals surface area (Å²) in [6.07, 6.45) is 1.81. The molecule has 90 valence electrons. The molecule has 0 saturated carbocycles. The Morgan fingerprint density at radius 1 is 1.40 bits per heavy atom. The molecule has 0 aliphatic carbocycles. The van der Waals surface area contributed by atoms with Gasteiger partial charge in [0.2, 0.25) is 5.91 Å². The number of unbranched alkanes of at least 4 members (excludes halogenated alkanes) is 1. The summed E-state index contributed by atoms with van der Waals surface area (Å²) in [5.74, 6) is -0.322. The maximum atomic E-state index is 10.8. The summed E-state index contributed by atoms with van der Waals surface area (Å²) < 4.78 is 10.2. The molecule has 5 nitrogen and oxygen atoms in total. The molecule has 2 N–H and O–H groups in total. The molecule has 0 unspecified atom stereocenters. The van der Waals surface area contributed by atoms with Crippen LogP contribution in [-0.4, -0.2) is 51.0 Å². The van der Waals surface area contributed by atoms with Crippen LogP contribution in [0.15, 0.2) is 0 Å². The highest BCUT2D eigenvalue weighted by atomic mass is 16.7. The zero-order valence-corrected chi connectivity index (χ0v) is 9.86. The zero-order chi connectivity index (χ0) is 11.7. The lowest BCUT2D eigenvalue weighted by Gasteiger charge is -2.24. The third kappa shape index (κ3) is 7.30. The van der Waals surface area contributed by atoms with Crippen LogP contribution in [0.3, 0.4) is 0 Å². The summed E-state index contributed by atoms with van der Waals surface area (Å²) in [4.78, 5) is 12.8. The minimum absolute atomic E-state index is 0.253. The van der Waals surface area contributed by atoms with Crippen molar-refractivity contribution < 1.29 is 14.3 Å². The number of hydrogen-bond acceptors (Lipinski definition) is 4. The van der Waals surface area contributed by atoms with Crippen molar-refractivity contribution in [2.75, 3.05) is 33.9 Å². The van der Waals surface area contributed by atoms with E-state index in [0.29, 0.717) is 6.54 Å². The highest BCUT2D eigenvalue weighted by Crippen LogP contribution is 2.00. The SMILES string of the molecule is CCCCN(CC(N)=O)CC(OC)OC. The van der Waals surface area contributed by atoms with Gasteiger partial charge in [0.05, 0.1) is 6.54 Å². The Bertz CT molecular complexity index is 172. The molecule has 1 amide bonds. The van der Waals surface area contributed by atoms with E-state index in [0.717, 1.165) is 19.4 Å². The number of hydrogen-bond donors (Lipinski definition) is 1.